The molecule has 3 atom stereocenters. The van der Waals surface area contributed by atoms with Crippen molar-refractivity contribution < 1.29 is 14.7 Å². The van der Waals surface area contributed by atoms with E-state index in [1.54, 1.807) is 6.92 Å². The quantitative estimate of drug-likeness (QED) is 0.765. The number of amides is 2. The molecule has 0 bridgehead atoms. The first kappa shape index (κ1) is 20.8. The van der Waals surface area contributed by atoms with E-state index in [1.165, 1.54) is 5.56 Å². The summed E-state index contributed by atoms with van der Waals surface area (Å²) in [5, 5.41) is 13.9. The summed E-state index contributed by atoms with van der Waals surface area (Å²) in [4.78, 5) is 26.3. The van der Waals surface area contributed by atoms with Crippen molar-refractivity contribution in [3.05, 3.63) is 35.9 Å². The van der Waals surface area contributed by atoms with Crippen molar-refractivity contribution in [1.82, 2.24) is 10.2 Å². The summed E-state index contributed by atoms with van der Waals surface area (Å²) in [5.41, 5.74) is 0.987. The summed E-state index contributed by atoms with van der Waals surface area (Å²) in [5.74, 6) is 0.277. The van der Waals surface area contributed by atoms with E-state index in [1.807, 2.05) is 30.1 Å². The fourth-order valence-electron chi connectivity index (χ4n) is 5.09. The van der Waals surface area contributed by atoms with E-state index in [2.05, 4.69) is 17.4 Å². The lowest BCUT2D eigenvalue weighted by Crippen LogP contribution is -2.46. The zero-order valence-corrected chi connectivity index (χ0v) is 17.2. The number of hydrogen-bond donors (Lipinski definition) is 2. The Bertz CT molecular complexity index is 672. The number of benzene rings is 1. The molecule has 154 valence electrons. The van der Waals surface area contributed by atoms with Crippen LogP contribution in [0, 0.1) is 5.92 Å². The Morgan fingerprint density at radius 3 is 2.39 bits per heavy atom. The van der Waals surface area contributed by atoms with Crippen molar-refractivity contribution >= 4 is 11.8 Å². The van der Waals surface area contributed by atoms with Crippen LogP contribution < -0.4 is 5.32 Å². The lowest BCUT2D eigenvalue weighted by Gasteiger charge is -2.34. The first-order chi connectivity index (χ1) is 13.4. The third-order valence-electron chi connectivity index (χ3n) is 6.89. The monoisotopic (exact) mass is 386 g/mol. The first-order valence-corrected chi connectivity index (χ1v) is 10.7. The molecule has 0 saturated heterocycles. The highest BCUT2D eigenvalue weighted by atomic mass is 16.3. The second-order valence-electron chi connectivity index (χ2n) is 8.70. The molecule has 0 aliphatic heterocycles. The average Bonchev–Trinajstić information content (AvgIpc) is 3.18. The molecule has 2 saturated carbocycles. The second-order valence-corrected chi connectivity index (χ2v) is 8.70. The Morgan fingerprint density at radius 2 is 1.75 bits per heavy atom. The highest BCUT2D eigenvalue weighted by Gasteiger charge is 2.40. The van der Waals surface area contributed by atoms with Gasteiger partial charge in [0.1, 0.15) is 0 Å². The van der Waals surface area contributed by atoms with Crippen molar-refractivity contribution in [2.75, 3.05) is 13.6 Å². The van der Waals surface area contributed by atoms with Crippen LogP contribution in [-0.2, 0) is 15.0 Å². The van der Waals surface area contributed by atoms with Gasteiger partial charge in [-0.25, -0.2) is 0 Å². The SMILES string of the molecule is CC(=O)NC[C@]1(c2ccccc2)CC[C@@H](O)[C@H](N(C)C(=O)C2CCCC2)CC1. The number of aliphatic hydroxyl groups is 1. The maximum atomic E-state index is 12.9. The Kier molecular flexibility index (Phi) is 6.76. The van der Waals surface area contributed by atoms with E-state index in [4.69, 9.17) is 0 Å². The van der Waals surface area contributed by atoms with Gasteiger partial charge in [-0.15, -0.1) is 0 Å². The molecule has 2 amide bonds. The molecule has 2 aliphatic carbocycles. The molecule has 28 heavy (non-hydrogen) atoms. The van der Waals surface area contributed by atoms with Gasteiger partial charge in [-0.05, 0) is 44.1 Å². The summed E-state index contributed by atoms with van der Waals surface area (Å²) in [6.07, 6.45) is 6.67. The fourth-order valence-corrected chi connectivity index (χ4v) is 5.09. The Labute approximate surface area is 168 Å². The average molecular weight is 387 g/mol. The third kappa shape index (κ3) is 4.57. The molecule has 2 N–H and O–H groups in total. The number of nitrogens with zero attached hydrogens (tertiary/aromatic N) is 1. The van der Waals surface area contributed by atoms with Crippen LogP contribution in [0.2, 0.25) is 0 Å². The zero-order valence-electron chi connectivity index (χ0n) is 17.2. The summed E-state index contributed by atoms with van der Waals surface area (Å²) in [6, 6.07) is 10.1. The van der Waals surface area contributed by atoms with Crippen molar-refractivity contribution in [2.24, 2.45) is 5.92 Å². The molecule has 0 radical (unpaired) electrons. The van der Waals surface area contributed by atoms with Gasteiger partial charge in [0.2, 0.25) is 11.8 Å². The van der Waals surface area contributed by atoms with Crippen LogP contribution in [0.25, 0.3) is 0 Å². The molecule has 5 heteroatoms. The van der Waals surface area contributed by atoms with Crippen LogP contribution >= 0.6 is 0 Å². The number of nitrogens with one attached hydrogen (secondary N) is 1. The second kappa shape index (κ2) is 9.08. The van der Waals surface area contributed by atoms with Crippen molar-refractivity contribution in [1.29, 1.82) is 0 Å². The molecule has 3 rings (SSSR count). The predicted octanol–water partition coefficient (Wildman–Crippen LogP) is 3.01. The highest BCUT2D eigenvalue weighted by Crippen LogP contribution is 2.39. The van der Waals surface area contributed by atoms with Gasteiger partial charge in [0.05, 0.1) is 12.1 Å². The minimum absolute atomic E-state index is 0.0369. The van der Waals surface area contributed by atoms with E-state index in [0.29, 0.717) is 13.0 Å². The molecule has 1 aromatic rings. The minimum Gasteiger partial charge on any atom is -0.391 e. The van der Waals surface area contributed by atoms with Crippen molar-refractivity contribution in [3.63, 3.8) is 0 Å². The van der Waals surface area contributed by atoms with Gasteiger partial charge in [-0.2, -0.15) is 0 Å². The number of carbonyl (C=O) groups excluding carboxylic acids is 2. The van der Waals surface area contributed by atoms with Gasteiger partial charge in [0.15, 0.2) is 0 Å². The van der Waals surface area contributed by atoms with Crippen molar-refractivity contribution in [3.8, 4) is 0 Å². The summed E-state index contributed by atoms with van der Waals surface area (Å²) >= 11 is 0. The number of hydrogen-bond acceptors (Lipinski definition) is 3. The molecule has 0 spiro atoms. The molecule has 1 aromatic carbocycles. The maximum Gasteiger partial charge on any atom is 0.225 e. The number of aliphatic hydroxyl groups excluding tert-OH is 1. The van der Waals surface area contributed by atoms with Crippen LogP contribution in [-0.4, -0.2) is 47.6 Å². The summed E-state index contributed by atoms with van der Waals surface area (Å²) in [7, 11) is 1.86. The molecule has 2 fully saturated rings. The van der Waals surface area contributed by atoms with Crippen LogP contribution in [0.3, 0.4) is 0 Å². The normalized spacial score (nSPS) is 28.5. The fraction of sp³-hybridized carbons (Fsp3) is 0.652. The minimum atomic E-state index is -0.529. The van der Waals surface area contributed by atoms with Crippen LogP contribution in [0.1, 0.15) is 63.9 Å². The Balaban J connectivity index is 1.78. The molecule has 0 aromatic heterocycles. The Morgan fingerprint density at radius 1 is 1.11 bits per heavy atom. The predicted molar refractivity (Wildman–Crippen MR) is 110 cm³/mol. The van der Waals surface area contributed by atoms with Crippen molar-refractivity contribution in [2.45, 2.75) is 75.9 Å². The summed E-state index contributed by atoms with van der Waals surface area (Å²) < 4.78 is 0. The van der Waals surface area contributed by atoms with Gasteiger partial charge in [0.25, 0.3) is 0 Å². The van der Waals surface area contributed by atoms with Gasteiger partial charge in [-0.3, -0.25) is 9.59 Å². The molecular formula is C23H34N2O3. The van der Waals surface area contributed by atoms with E-state index in [0.717, 1.165) is 44.9 Å². The van der Waals surface area contributed by atoms with E-state index in [9.17, 15) is 14.7 Å². The van der Waals surface area contributed by atoms with Crippen LogP contribution in [0.4, 0.5) is 0 Å². The number of likely N-dealkylation sites (N-methyl/N-ethyl adjacent to an activating group) is 1. The molecular weight excluding hydrogens is 352 g/mol. The highest BCUT2D eigenvalue weighted by molar-refractivity contribution is 5.79. The largest absolute Gasteiger partial charge is 0.391 e. The van der Waals surface area contributed by atoms with Crippen LogP contribution in [0.15, 0.2) is 30.3 Å². The third-order valence-corrected chi connectivity index (χ3v) is 6.89. The van der Waals surface area contributed by atoms with E-state index in [-0.39, 0.29) is 29.2 Å². The maximum absolute atomic E-state index is 12.9. The van der Waals surface area contributed by atoms with Gasteiger partial charge < -0.3 is 15.3 Å². The molecule has 2 aliphatic rings. The lowest BCUT2D eigenvalue weighted by molar-refractivity contribution is -0.138. The van der Waals surface area contributed by atoms with Gasteiger partial charge >= 0.3 is 0 Å². The zero-order chi connectivity index (χ0) is 20.1. The van der Waals surface area contributed by atoms with E-state index < -0.39 is 6.10 Å². The van der Waals surface area contributed by atoms with Gasteiger partial charge in [0, 0.05) is 31.8 Å². The smallest absolute Gasteiger partial charge is 0.225 e. The first-order valence-electron chi connectivity index (χ1n) is 10.7. The standard InChI is InChI=1S/C23H34N2O3/c1-17(26)24-16-23(19-10-4-3-5-11-19)14-12-20(21(27)13-15-23)25(2)22(28)18-8-6-7-9-18/h3-5,10-11,18,20-21,27H,6-9,12-16H2,1-2H3,(H,24,26)/t20-,21-,23-/m1/s1. The van der Waals surface area contributed by atoms with Crippen LogP contribution in [0.5, 0.6) is 0 Å². The van der Waals surface area contributed by atoms with E-state index >= 15 is 0 Å². The molecule has 0 unspecified atom stereocenters. The van der Waals surface area contributed by atoms with Gasteiger partial charge in [-0.1, -0.05) is 43.2 Å². The molecule has 5 nitrogen and oxygen atoms in total. The number of carbonyl (C=O) groups is 2. The topological polar surface area (TPSA) is 69.6 Å². The Hall–Kier alpha value is -1.88. The lowest BCUT2D eigenvalue weighted by atomic mass is 9.74. The summed E-state index contributed by atoms with van der Waals surface area (Å²) in [6.45, 7) is 2.10. The molecule has 0 heterocycles. The number of rotatable bonds is 5.